The van der Waals surface area contributed by atoms with Crippen molar-refractivity contribution in [2.24, 2.45) is 11.5 Å². The summed E-state index contributed by atoms with van der Waals surface area (Å²) < 4.78 is 5.38. The third kappa shape index (κ3) is 2.73. The van der Waals surface area contributed by atoms with Gasteiger partial charge in [0.05, 0.1) is 13.2 Å². The Kier molecular flexibility index (Phi) is 4.07. The zero-order valence-corrected chi connectivity index (χ0v) is 12.2. The van der Waals surface area contributed by atoms with Crippen LogP contribution in [0.1, 0.15) is 29.7 Å². The number of anilines is 1. The van der Waals surface area contributed by atoms with Gasteiger partial charge in [0.1, 0.15) is 11.9 Å². The van der Waals surface area contributed by atoms with Crippen molar-refractivity contribution in [2.75, 3.05) is 24.7 Å². The zero-order valence-electron chi connectivity index (χ0n) is 12.2. The number of rotatable bonds is 3. The van der Waals surface area contributed by atoms with Crippen molar-refractivity contribution in [1.29, 1.82) is 0 Å². The molecule has 4 N–H and O–H groups in total. The first kappa shape index (κ1) is 14.3. The Morgan fingerprint density at radius 2 is 2.24 bits per heavy atom. The van der Waals surface area contributed by atoms with Crippen LogP contribution in [0.3, 0.4) is 0 Å². The predicted octanol–water partition coefficient (Wildman–Crippen LogP) is 0.110. The van der Waals surface area contributed by atoms with Gasteiger partial charge in [0.25, 0.3) is 0 Å². The number of carbonyl (C=O) groups excluding carboxylic acids is 1. The molecule has 6 heteroatoms. The Bertz CT molecular complexity index is 547. The number of fused-ring (bicyclic) bond motifs is 1. The lowest BCUT2D eigenvalue weighted by atomic mass is 9.94. The van der Waals surface area contributed by atoms with E-state index in [4.69, 9.17) is 21.2 Å². The summed E-state index contributed by atoms with van der Waals surface area (Å²) in [6.07, 6.45) is 4.44. The fraction of sp³-hybridized carbons (Fsp3) is 0.600. The molecule has 2 aliphatic rings. The second-order valence-corrected chi connectivity index (χ2v) is 5.67. The van der Waals surface area contributed by atoms with Gasteiger partial charge in [-0.25, -0.2) is 4.98 Å². The molecule has 21 heavy (non-hydrogen) atoms. The third-order valence-electron chi connectivity index (χ3n) is 4.31. The number of morpholine rings is 1. The van der Waals surface area contributed by atoms with E-state index in [-0.39, 0.29) is 5.91 Å². The summed E-state index contributed by atoms with van der Waals surface area (Å²) >= 11 is 0. The first-order chi connectivity index (χ1) is 10.2. The highest BCUT2D eigenvalue weighted by molar-refractivity contribution is 5.84. The van der Waals surface area contributed by atoms with Crippen molar-refractivity contribution >= 4 is 11.7 Å². The molecule has 1 saturated heterocycles. The van der Waals surface area contributed by atoms with Gasteiger partial charge in [-0.3, -0.25) is 4.79 Å². The summed E-state index contributed by atoms with van der Waals surface area (Å²) in [6, 6.07) is 1.70. The lowest BCUT2D eigenvalue weighted by molar-refractivity contribution is -0.121. The molecule has 2 heterocycles. The van der Waals surface area contributed by atoms with Crippen LogP contribution < -0.4 is 16.4 Å². The largest absolute Gasteiger partial charge is 0.377 e. The van der Waals surface area contributed by atoms with Crippen molar-refractivity contribution in [3.63, 3.8) is 0 Å². The van der Waals surface area contributed by atoms with Crippen LogP contribution in [0.5, 0.6) is 0 Å². The van der Waals surface area contributed by atoms with Gasteiger partial charge in [-0.2, -0.15) is 0 Å². The molecule has 1 amide bonds. The summed E-state index contributed by atoms with van der Waals surface area (Å²) in [5.74, 6) is 0.433. The Balaban J connectivity index is 2.01. The average Bonchev–Trinajstić information content (AvgIpc) is 2.53. The summed E-state index contributed by atoms with van der Waals surface area (Å²) in [5.41, 5.74) is 14.8. The Morgan fingerprint density at radius 1 is 1.43 bits per heavy atom. The Morgan fingerprint density at radius 3 is 3.00 bits per heavy atom. The standard InChI is InChI=1S/C15H22N4O2/c16-8-11-7-10-3-1-2-4-12(10)18-15(11)19-5-6-21-9-13(19)14(17)20/h7,13H,1-6,8-9,16H2,(H2,17,20). The Hall–Kier alpha value is -1.66. The van der Waals surface area contributed by atoms with Crippen LogP contribution in [-0.4, -0.2) is 36.7 Å². The minimum atomic E-state index is -0.460. The van der Waals surface area contributed by atoms with Gasteiger partial charge in [0.15, 0.2) is 0 Å². The van der Waals surface area contributed by atoms with Crippen molar-refractivity contribution in [2.45, 2.75) is 38.3 Å². The second-order valence-electron chi connectivity index (χ2n) is 5.67. The van der Waals surface area contributed by atoms with E-state index in [0.717, 1.165) is 29.9 Å². The number of primary amides is 1. The SMILES string of the molecule is NCc1cc2c(nc1N1CCOCC1C(N)=O)CCCC2. The van der Waals surface area contributed by atoms with Gasteiger partial charge < -0.3 is 21.1 Å². The topological polar surface area (TPSA) is 94.5 Å². The lowest BCUT2D eigenvalue weighted by Gasteiger charge is -2.36. The summed E-state index contributed by atoms with van der Waals surface area (Å²) in [5, 5.41) is 0. The van der Waals surface area contributed by atoms with Crippen LogP contribution in [0, 0.1) is 0 Å². The molecule has 0 saturated carbocycles. The Labute approximate surface area is 124 Å². The third-order valence-corrected chi connectivity index (χ3v) is 4.31. The molecule has 1 aromatic heterocycles. The van der Waals surface area contributed by atoms with E-state index in [1.54, 1.807) is 0 Å². The molecule has 3 rings (SSSR count). The molecule has 0 spiro atoms. The fourth-order valence-corrected chi connectivity index (χ4v) is 3.16. The summed E-state index contributed by atoms with van der Waals surface area (Å²) in [6.45, 7) is 1.93. The number of pyridine rings is 1. The number of ether oxygens (including phenoxy) is 1. The van der Waals surface area contributed by atoms with Gasteiger partial charge in [0, 0.05) is 24.3 Å². The van der Waals surface area contributed by atoms with Gasteiger partial charge in [-0.1, -0.05) is 0 Å². The molecule has 1 aliphatic carbocycles. The molecule has 1 aromatic rings. The van der Waals surface area contributed by atoms with Crippen LogP contribution in [0.15, 0.2) is 6.07 Å². The molecule has 0 radical (unpaired) electrons. The normalized spacial score (nSPS) is 22.0. The molecule has 6 nitrogen and oxygen atoms in total. The number of aryl methyl sites for hydroxylation is 2. The van der Waals surface area contributed by atoms with E-state index < -0.39 is 6.04 Å². The highest BCUT2D eigenvalue weighted by atomic mass is 16.5. The number of nitrogens with two attached hydrogens (primary N) is 2. The highest BCUT2D eigenvalue weighted by Crippen LogP contribution is 2.28. The van der Waals surface area contributed by atoms with E-state index in [0.29, 0.717) is 26.3 Å². The minimum Gasteiger partial charge on any atom is -0.377 e. The van der Waals surface area contributed by atoms with Gasteiger partial charge in [-0.05, 0) is 37.3 Å². The lowest BCUT2D eigenvalue weighted by Crippen LogP contribution is -2.53. The van der Waals surface area contributed by atoms with Crippen LogP contribution in [0.25, 0.3) is 0 Å². The highest BCUT2D eigenvalue weighted by Gasteiger charge is 2.30. The van der Waals surface area contributed by atoms with Crippen molar-refractivity contribution < 1.29 is 9.53 Å². The number of carbonyl (C=O) groups is 1. The first-order valence-electron chi connectivity index (χ1n) is 7.56. The summed E-state index contributed by atoms with van der Waals surface area (Å²) in [7, 11) is 0. The van der Waals surface area contributed by atoms with Gasteiger partial charge >= 0.3 is 0 Å². The molecular formula is C15H22N4O2. The maximum Gasteiger partial charge on any atom is 0.242 e. The second kappa shape index (κ2) is 5.99. The molecule has 1 aliphatic heterocycles. The van der Waals surface area contributed by atoms with Gasteiger partial charge in [0.2, 0.25) is 5.91 Å². The molecule has 0 aromatic carbocycles. The molecule has 1 atom stereocenters. The smallest absolute Gasteiger partial charge is 0.242 e. The molecule has 1 unspecified atom stereocenters. The van der Waals surface area contributed by atoms with Crippen LogP contribution >= 0.6 is 0 Å². The number of hydrogen-bond donors (Lipinski definition) is 2. The van der Waals surface area contributed by atoms with E-state index in [2.05, 4.69) is 6.07 Å². The predicted molar refractivity (Wildman–Crippen MR) is 79.9 cm³/mol. The van der Waals surface area contributed by atoms with E-state index in [9.17, 15) is 4.79 Å². The molecular weight excluding hydrogens is 268 g/mol. The number of nitrogens with zero attached hydrogens (tertiary/aromatic N) is 2. The fourth-order valence-electron chi connectivity index (χ4n) is 3.16. The zero-order chi connectivity index (χ0) is 14.8. The minimum absolute atomic E-state index is 0.318. The van der Waals surface area contributed by atoms with Gasteiger partial charge in [-0.15, -0.1) is 0 Å². The van der Waals surface area contributed by atoms with E-state index in [1.807, 2.05) is 4.90 Å². The van der Waals surface area contributed by atoms with Crippen LogP contribution in [0.2, 0.25) is 0 Å². The maximum atomic E-state index is 11.7. The quantitative estimate of drug-likeness (QED) is 0.824. The molecule has 114 valence electrons. The van der Waals surface area contributed by atoms with E-state index in [1.165, 1.54) is 18.4 Å². The van der Waals surface area contributed by atoms with Crippen LogP contribution in [0.4, 0.5) is 5.82 Å². The monoisotopic (exact) mass is 290 g/mol. The van der Waals surface area contributed by atoms with E-state index >= 15 is 0 Å². The number of amides is 1. The summed E-state index contributed by atoms with van der Waals surface area (Å²) in [4.78, 5) is 18.5. The molecule has 0 bridgehead atoms. The molecule has 1 fully saturated rings. The maximum absolute atomic E-state index is 11.7. The van der Waals surface area contributed by atoms with Crippen molar-refractivity contribution in [3.8, 4) is 0 Å². The first-order valence-corrected chi connectivity index (χ1v) is 7.56. The van der Waals surface area contributed by atoms with Crippen molar-refractivity contribution in [3.05, 3.63) is 22.9 Å². The average molecular weight is 290 g/mol. The van der Waals surface area contributed by atoms with Crippen molar-refractivity contribution in [1.82, 2.24) is 4.98 Å². The number of hydrogen-bond acceptors (Lipinski definition) is 5. The number of aromatic nitrogens is 1. The van der Waals surface area contributed by atoms with Crippen LogP contribution in [-0.2, 0) is 28.9 Å².